The van der Waals surface area contributed by atoms with Crippen molar-refractivity contribution in [1.82, 2.24) is 0 Å². The summed E-state index contributed by atoms with van der Waals surface area (Å²) in [7, 11) is -3.55. The van der Waals surface area contributed by atoms with Crippen LogP contribution in [0.1, 0.15) is 17.7 Å². The summed E-state index contributed by atoms with van der Waals surface area (Å²) in [6, 6.07) is 10.3. The molecule has 5 nitrogen and oxygen atoms in total. The summed E-state index contributed by atoms with van der Waals surface area (Å²) in [5, 5.41) is 0. The highest BCUT2D eigenvalue weighted by Gasteiger charge is 2.22. The standard InChI is InChI=1S/C15H16N2O3S2/c1-11-4-9-15(21-11)22(19,20)16-12-5-7-13(8-6-12)17-10-2-3-14(17)18/h4-9,16H,2-3,10H2,1H3. The van der Waals surface area contributed by atoms with E-state index in [1.165, 1.54) is 11.3 Å². The average Bonchev–Trinajstić information content (AvgIpc) is 3.08. The fraction of sp³-hybridized carbons (Fsp3) is 0.267. The highest BCUT2D eigenvalue weighted by Crippen LogP contribution is 2.26. The van der Waals surface area contributed by atoms with Crippen molar-refractivity contribution in [2.24, 2.45) is 0 Å². The Morgan fingerprint density at radius 3 is 2.41 bits per heavy atom. The van der Waals surface area contributed by atoms with Gasteiger partial charge in [0.2, 0.25) is 5.91 Å². The molecule has 0 radical (unpaired) electrons. The van der Waals surface area contributed by atoms with E-state index in [9.17, 15) is 13.2 Å². The van der Waals surface area contributed by atoms with E-state index in [0.29, 0.717) is 16.3 Å². The highest BCUT2D eigenvalue weighted by atomic mass is 32.2. The van der Waals surface area contributed by atoms with Crippen LogP contribution in [-0.4, -0.2) is 20.9 Å². The number of hydrogen-bond donors (Lipinski definition) is 1. The molecule has 1 fully saturated rings. The summed E-state index contributed by atoms with van der Waals surface area (Å²) in [5.74, 6) is 0.113. The van der Waals surface area contributed by atoms with Crippen LogP contribution in [0.3, 0.4) is 0 Å². The van der Waals surface area contributed by atoms with Crippen molar-refractivity contribution in [3.8, 4) is 0 Å². The number of benzene rings is 1. The molecule has 7 heteroatoms. The van der Waals surface area contributed by atoms with Crippen molar-refractivity contribution in [3.05, 3.63) is 41.3 Å². The Morgan fingerprint density at radius 1 is 1.14 bits per heavy atom. The zero-order valence-corrected chi connectivity index (χ0v) is 13.7. The van der Waals surface area contributed by atoms with Crippen molar-refractivity contribution < 1.29 is 13.2 Å². The fourth-order valence-electron chi connectivity index (χ4n) is 2.39. The summed E-state index contributed by atoms with van der Waals surface area (Å²) < 4.78 is 27.3. The Balaban J connectivity index is 1.77. The summed E-state index contributed by atoms with van der Waals surface area (Å²) in [6.45, 7) is 2.59. The molecule has 1 N–H and O–H groups in total. The van der Waals surface area contributed by atoms with Gasteiger partial charge in [0.1, 0.15) is 4.21 Å². The van der Waals surface area contributed by atoms with Gasteiger partial charge in [0.15, 0.2) is 0 Å². The molecule has 1 amide bonds. The molecule has 3 rings (SSSR count). The topological polar surface area (TPSA) is 66.5 Å². The third-order valence-corrected chi connectivity index (χ3v) is 6.36. The summed E-state index contributed by atoms with van der Waals surface area (Å²) in [4.78, 5) is 14.4. The van der Waals surface area contributed by atoms with Gasteiger partial charge in [-0.3, -0.25) is 9.52 Å². The molecule has 116 valence electrons. The van der Waals surface area contributed by atoms with Gasteiger partial charge in [-0.05, 0) is 49.7 Å². The van der Waals surface area contributed by atoms with Gasteiger partial charge in [-0.15, -0.1) is 11.3 Å². The molecular weight excluding hydrogens is 320 g/mol. The molecule has 0 unspecified atom stereocenters. The van der Waals surface area contributed by atoms with E-state index in [1.807, 2.05) is 6.92 Å². The molecule has 0 atom stereocenters. The van der Waals surface area contributed by atoms with E-state index < -0.39 is 10.0 Å². The molecule has 2 aromatic rings. The number of nitrogens with zero attached hydrogens (tertiary/aromatic N) is 1. The van der Waals surface area contributed by atoms with Gasteiger partial charge in [0.05, 0.1) is 0 Å². The van der Waals surface area contributed by atoms with E-state index >= 15 is 0 Å². The summed E-state index contributed by atoms with van der Waals surface area (Å²) in [6.07, 6.45) is 1.44. The van der Waals surface area contributed by atoms with Crippen molar-refractivity contribution in [3.63, 3.8) is 0 Å². The highest BCUT2D eigenvalue weighted by molar-refractivity contribution is 7.94. The normalized spacial score (nSPS) is 15.3. The zero-order chi connectivity index (χ0) is 15.7. The lowest BCUT2D eigenvalue weighted by atomic mass is 10.2. The van der Waals surface area contributed by atoms with Crippen LogP contribution in [-0.2, 0) is 14.8 Å². The second-order valence-corrected chi connectivity index (χ2v) is 8.36. The molecule has 22 heavy (non-hydrogen) atoms. The second-order valence-electron chi connectivity index (χ2n) is 5.17. The molecule has 0 spiro atoms. The lowest BCUT2D eigenvalue weighted by Gasteiger charge is -2.16. The van der Waals surface area contributed by atoms with E-state index in [2.05, 4.69) is 4.72 Å². The maximum absolute atomic E-state index is 12.2. The molecule has 1 aliphatic heterocycles. The first-order chi connectivity index (χ1) is 10.5. The summed E-state index contributed by atoms with van der Waals surface area (Å²) >= 11 is 1.23. The molecule has 0 aliphatic carbocycles. The van der Waals surface area contributed by atoms with Crippen LogP contribution >= 0.6 is 11.3 Å². The SMILES string of the molecule is Cc1ccc(S(=O)(=O)Nc2ccc(N3CCCC3=O)cc2)s1. The minimum atomic E-state index is -3.55. The van der Waals surface area contributed by atoms with E-state index in [1.54, 1.807) is 41.3 Å². The number of carbonyl (C=O) groups excluding carboxylic acids is 1. The monoisotopic (exact) mass is 336 g/mol. The van der Waals surface area contributed by atoms with Gasteiger partial charge in [-0.1, -0.05) is 0 Å². The van der Waals surface area contributed by atoms with Crippen molar-refractivity contribution in [2.45, 2.75) is 24.0 Å². The fourth-order valence-corrected chi connectivity index (χ4v) is 4.73. The lowest BCUT2D eigenvalue weighted by molar-refractivity contribution is -0.117. The Morgan fingerprint density at radius 2 is 1.86 bits per heavy atom. The Labute approximate surface area is 133 Å². The van der Waals surface area contributed by atoms with Gasteiger partial charge in [0.25, 0.3) is 10.0 Å². The van der Waals surface area contributed by atoms with Gasteiger partial charge in [0, 0.05) is 29.2 Å². The first-order valence-corrected chi connectivity index (χ1v) is 9.25. The molecule has 1 aromatic heterocycles. The van der Waals surface area contributed by atoms with Crippen molar-refractivity contribution in [2.75, 3.05) is 16.2 Å². The van der Waals surface area contributed by atoms with Gasteiger partial charge in [-0.25, -0.2) is 8.42 Å². The van der Waals surface area contributed by atoms with Crippen LogP contribution in [0.4, 0.5) is 11.4 Å². The van der Waals surface area contributed by atoms with E-state index in [-0.39, 0.29) is 5.91 Å². The first kappa shape index (κ1) is 15.1. The number of anilines is 2. The third kappa shape index (κ3) is 3.00. The molecule has 1 saturated heterocycles. The number of amides is 1. The number of sulfonamides is 1. The Kier molecular flexibility index (Phi) is 3.92. The number of rotatable bonds is 4. The van der Waals surface area contributed by atoms with E-state index in [4.69, 9.17) is 0 Å². The molecule has 2 heterocycles. The molecule has 1 aliphatic rings. The molecule has 0 bridgehead atoms. The van der Waals surface area contributed by atoms with Crippen LogP contribution in [0.25, 0.3) is 0 Å². The number of aryl methyl sites for hydroxylation is 1. The smallest absolute Gasteiger partial charge is 0.271 e. The van der Waals surface area contributed by atoms with Crippen LogP contribution in [0, 0.1) is 6.92 Å². The van der Waals surface area contributed by atoms with Gasteiger partial charge < -0.3 is 4.90 Å². The largest absolute Gasteiger partial charge is 0.312 e. The molecule has 1 aromatic carbocycles. The van der Waals surface area contributed by atoms with Crippen LogP contribution in [0.2, 0.25) is 0 Å². The minimum absolute atomic E-state index is 0.113. The number of hydrogen-bond acceptors (Lipinski definition) is 4. The van der Waals surface area contributed by atoms with Crippen molar-refractivity contribution >= 4 is 38.6 Å². The maximum atomic E-state index is 12.2. The first-order valence-electron chi connectivity index (χ1n) is 6.95. The summed E-state index contributed by atoms with van der Waals surface area (Å²) in [5.41, 5.74) is 1.29. The van der Waals surface area contributed by atoms with Gasteiger partial charge in [-0.2, -0.15) is 0 Å². The van der Waals surface area contributed by atoms with Crippen LogP contribution in [0.15, 0.2) is 40.6 Å². The maximum Gasteiger partial charge on any atom is 0.271 e. The Bertz CT molecular complexity index is 794. The predicted molar refractivity (Wildman–Crippen MR) is 87.9 cm³/mol. The Hall–Kier alpha value is -1.86. The van der Waals surface area contributed by atoms with Gasteiger partial charge >= 0.3 is 0 Å². The lowest BCUT2D eigenvalue weighted by Crippen LogP contribution is -2.23. The average molecular weight is 336 g/mol. The quantitative estimate of drug-likeness (QED) is 0.933. The predicted octanol–water partition coefficient (Wildman–Crippen LogP) is 2.98. The molecule has 0 saturated carbocycles. The zero-order valence-electron chi connectivity index (χ0n) is 12.1. The number of carbonyl (C=O) groups is 1. The van der Waals surface area contributed by atoms with Crippen molar-refractivity contribution in [1.29, 1.82) is 0 Å². The van der Waals surface area contributed by atoms with Crippen LogP contribution in [0.5, 0.6) is 0 Å². The third-order valence-electron chi connectivity index (χ3n) is 3.49. The van der Waals surface area contributed by atoms with E-state index in [0.717, 1.165) is 23.5 Å². The number of thiophene rings is 1. The number of nitrogens with one attached hydrogen (secondary N) is 1. The molecular formula is C15H16N2O3S2. The minimum Gasteiger partial charge on any atom is -0.312 e. The second kappa shape index (κ2) is 5.73. The van der Waals surface area contributed by atoms with Crippen LogP contribution < -0.4 is 9.62 Å².